The number of amides is 1. The molecule has 1 aliphatic carbocycles. The van der Waals surface area contributed by atoms with E-state index in [0.29, 0.717) is 0 Å². The average Bonchev–Trinajstić information content (AvgIpc) is 2.39. The Bertz CT molecular complexity index is 279. The van der Waals surface area contributed by atoms with E-state index in [9.17, 15) is 4.79 Å². The Morgan fingerprint density at radius 3 is 2.71 bits per heavy atom. The van der Waals surface area contributed by atoms with Crippen LogP contribution < -0.4 is 11.1 Å². The summed E-state index contributed by atoms with van der Waals surface area (Å²) in [6.07, 6.45) is 3.91. The molecule has 0 aromatic rings. The monoisotopic (exact) mass is 241 g/mol. The highest BCUT2D eigenvalue weighted by atomic mass is 16.5. The molecule has 1 saturated carbocycles. The first-order valence-electron chi connectivity index (χ1n) is 6.50. The Hall–Kier alpha value is -0.650. The van der Waals surface area contributed by atoms with Gasteiger partial charge in [0.2, 0.25) is 5.91 Å². The molecule has 2 atom stereocenters. The topological polar surface area (TPSA) is 67.6 Å². The van der Waals surface area contributed by atoms with E-state index < -0.39 is 5.54 Å². The first-order chi connectivity index (χ1) is 8.21. The van der Waals surface area contributed by atoms with Crippen molar-refractivity contribution in [2.24, 2.45) is 5.73 Å². The molecule has 1 saturated heterocycles. The number of carbonyl (C=O) groups is 1. The van der Waals surface area contributed by atoms with Gasteiger partial charge in [-0.3, -0.25) is 9.69 Å². The number of ether oxygens (including phenoxy) is 1. The van der Waals surface area contributed by atoms with Crippen molar-refractivity contribution in [3.05, 3.63) is 0 Å². The molecule has 0 aromatic heterocycles. The Labute approximate surface area is 103 Å². The molecule has 0 aromatic carbocycles. The number of rotatable bonds is 3. The van der Waals surface area contributed by atoms with Crippen LogP contribution in [0, 0.1) is 0 Å². The molecular weight excluding hydrogens is 218 g/mol. The van der Waals surface area contributed by atoms with Crippen molar-refractivity contribution in [2.45, 2.75) is 37.3 Å². The minimum Gasteiger partial charge on any atom is -0.379 e. The minimum absolute atomic E-state index is 0.0492. The molecule has 1 aliphatic heterocycles. The Morgan fingerprint density at radius 2 is 2.12 bits per heavy atom. The first-order valence-corrected chi connectivity index (χ1v) is 6.50. The second kappa shape index (κ2) is 5.33. The lowest BCUT2D eigenvalue weighted by atomic mass is 9.76. The molecule has 3 N–H and O–H groups in total. The molecule has 17 heavy (non-hydrogen) atoms. The highest BCUT2D eigenvalue weighted by molar-refractivity contribution is 5.85. The standard InChI is InChI=1S/C12H23N3O2/c1-17-10-4-2-3-5-12(10,11(13)16)15-8-6-14-7-9-15/h10,14H,2-9H2,1H3,(H2,13,16). The molecule has 1 amide bonds. The number of primary amides is 1. The van der Waals surface area contributed by atoms with Crippen molar-refractivity contribution in [1.82, 2.24) is 10.2 Å². The van der Waals surface area contributed by atoms with E-state index in [-0.39, 0.29) is 12.0 Å². The van der Waals surface area contributed by atoms with Gasteiger partial charge in [-0.1, -0.05) is 12.8 Å². The van der Waals surface area contributed by atoms with Crippen LogP contribution in [0.5, 0.6) is 0 Å². The quantitative estimate of drug-likeness (QED) is 0.712. The number of hydrogen-bond donors (Lipinski definition) is 2. The number of hydrogen-bond acceptors (Lipinski definition) is 4. The van der Waals surface area contributed by atoms with E-state index in [4.69, 9.17) is 10.5 Å². The third kappa shape index (κ3) is 2.19. The summed E-state index contributed by atoms with van der Waals surface area (Å²) in [4.78, 5) is 14.3. The van der Waals surface area contributed by atoms with Crippen LogP contribution in [0.3, 0.4) is 0 Å². The second-order valence-corrected chi connectivity index (χ2v) is 5.00. The molecule has 0 bridgehead atoms. The zero-order valence-corrected chi connectivity index (χ0v) is 10.6. The van der Waals surface area contributed by atoms with Crippen LogP contribution in [0.25, 0.3) is 0 Å². The maximum Gasteiger partial charge on any atom is 0.240 e. The Morgan fingerprint density at radius 1 is 1.41 bits per heavy atom. The lowest BCUT2D eigenvalue weighted by Gasteiger charge is -2.49. The van der Waals surface area contributed by atoms with Gasteiger partial charge in [-0.2, -0.15) is 0 Å². The first kappa shape index (κ1) is 12.8. The van der Waals surface area contributed by atoms with Gasteiger partial charge in [-0.25, -0.2) is 0 Å². The van der Waals surface area contributed by atoms with Gasteiger partial charge in [-0.15, -0.1) is 0 Å². The van der Waals surface area contributed by atoms with Gasteiger partial charge in [0.25, 0.3) is 0 Å². The summed E-state index contributed by atoms with van der Waals surface area (Å²) >= 11 is 0. The lowest BCUT2D eigenvalue weighted by Crippen LogP contribution is -2.68. The largest absolute Gasteiger partial charge is 0.379 e. The van der Waals surface area contributed by atoms with Gasteiger partial charge in [-0.05, 0) is 12.8 Å². The summed E-state index contributed by atoms with van der Waals surface area (Å²) in [5, 5.41) is 3.31. The van der Waals surface area contributed by atoms with Gasteiger partial charge in [0.05, 0.1) is 6.10 Å². The molecule has 2 rings (SSSR count). The molecule has 5 nitrogen and oxygen atoms in total. The maximum absolute atomic E-state index is 12.0. The summed E-state index contributed by atoms with van der Waals surface area (Å²) in [7, 11) is 1.69. The summed E-state index contributed by atoms with van der Waals surface area (Å²) in [6.45, 7) is 3.60. The van der Waals surface area contributed by atoms with Crippen LogP contribution in [0.1, 0.15) is 25.7 Å². The predicted molar refractivity (Wildman–Crippen MR) is 65.6 cm³/mol. The SMILES string of the molecule is COC1CCCCC1(C(N)=O)N1CCNCC1. The van der Waals surface area contributed by atoms with E-state index in [2.05, 4.69) is 10.2 Å². The van der Waals surface area contributed by atoms with Crippen LogP contribution in [-0.2, 0) is 9.53 Å². The molecule has 2 fully saturated rings. The number of methoxy groups -OCH3 is 1. The number of carbonyl (C=O) groups excluding carboxylic acids is 1. The van der Waals surface area contributed by atoms with Crippen LogP contribution in [-0.4, -0.2) is 55.7 Å². The molecule has 98 valence electrons. The van der Waals surface area contributed by atoms with E-state index in [1.54, 1.807) is 7.11 Å². The smallest absolute Gasteiger partial charge is 0.240 e. The third-order valence-electron chi connectivity index (χ3n) is 4.20. The molecule has 0 spiro atoms. The van der Waals surface area contributed by atoms with Gasteiger partial charge in [0.1, 0.15) is 5.54 Å². The summed E-state index contributed by atoms with van der Waals surface area (Å²) in [5.74, 6) is -0.217. The van der Waals surface area contributed by atoms with Crippen molar-refractivity contribution in [3.8, 4) is 0 Å². The average molecular weight is 241 g/mol. The zero-order chi connectivity index (χ0) is 12.3. The number of nitrogens with zero attached hydrogens (tertiary/aromatic N) is 1. The lowest BCUT2D eigenvalue weighted by molar-refractivity contribution is -0.147. The maximum atomic E-state index is 12.0. The molecule has 5 heteroatoms. The predicted octanol–water partition coefficient (Wildman–Crippen LogP) is -0.295. The van der Waals surface area contributed by atoms with Crippen LogP contribution in [0.4, 0.5) is 0 Å². The van der Waals surface area contributed by atoms with Crippen molar-refractivity contribution in [1.29, 1.82) is 0 Å². The fourth-order valence-electron chi connectivity index (χ4n) is 3.30. The Balaban J connectivity index is 2.25. The number of nitrogens with one attached hydrogen (secondary N) is 1. The van der Waals surface area contributed by atoms with Crippen LogP contribution in [0.15, 0.2) is 0 Å². The van der Waals surface area contributed by atoms with E-state index in [0.717, 1.165) is 51.9 Å². The Kier molecular flexibility index (Phi) is 4.01. The highest BCUT2D eigenvalue weighted by Gasteiger charge is 2.50. The number of nitrogens with two attached hydrogens (primary N) is 1. The van der Waals surface area contributed by atoms with Crippen LogP contribution in [0.2, 0.25) is 0 Å². The van der Waals surface area contributed by atoms with Crippen LogP contribution >= 0.6 is 0 Å². The van der Waals surface area contributed by atoms with Gasteiger partial charge < -0.3 is 15.8 Å². The van der Waals surface area contributed by atoms with Crippen molar-refractivity contribution in [3.63, 3.8) is 0 Å². The fraction of sp³-hybridized carbons (Fsp3) is 0.917. The molecule has 1 heterocycles. The van der Waals surface area contributed by atoms with E-state index in [1.165, 1.54) is 0 Å². The highest BCUT2D eigenvalue weighted by Crippen LogP contribution is 2.35. The van der Waals surface area contributed by atoms with Crippen molar-refractivity contribution >= 4 is 5.91 Å². The van der Waals surface area contributed by atoms with Gasteiger partial charge >= 0.3 is 0 Å². The van der Waals surface area contributed by atoms with E-state index >= 15 is 0 Å². The zero-order valence-electron chi connectivity index (χ0n) is 10.6. The van der Waals surface area contributed by atoms with Crippen molar-refractivity contribution < 1.29 is 9.53 Å². The third-order valence-corrected chi connectivity index (χ3v) is 4.20. The van der Waals surface area contributed by atoms with Crippen molar-refractivity contribution in [2.75, 3.05) is 33.3 Å². The second-order valence-electron chi connectivity index (χ2n) is 5.00. The molecule has 2 unspecified atom stereocenters. The molecule has 0 radical (unpaired) electrons. The molecule has 2 aliphatic rings. The summed E-state index contributed by atoms with van der Waals surface area (Å²) < 4.78 is 5.56. The summed E-state index contributed by atoms with van der Waals surface area (Å²) in [6, 6.07) is 0. The van der Waals surface area contributed by atoms with Gasteiger partial charge in [0, 0.05) is 33.3 Å². The minimum atomic E-state index is -0.574. The normalized spacial score (nSPS) is 35.7. The van der Waals surface area contributed by atoms with E-state index in [1.807, 2.05) is 0 Å². The number of piperazine rings is 1. The van der Waals surface area contributed by atoms with Gasteiger partial charge in [0.15, 0.2) is 0 Å². The summed E-state index contributed by atoms with van der Waals surface area (Å²) in [5.41, 5.74) is 5.14. The molecular formula is C12H23N3O2. The fourth-order valence-corrected chi connectivity index (χ4v) is 3.30.